The molecule has 0 spiro atoms. The average molecular weight is 259 g/mol. The second-order valence-electron chi connectivity index (χ2n) is 4.57. The van der Waals surface area contributed by atoms with E-state index in [1.54, 1.807) is 6.08 Å². The van der Waals surface area contributed by atoms with Gasteiger partial charge in [0, 0.05) is 25.2 Å². The van der Waals surface area contributed by atoms with Crippen LogP contribution in [0.5, 0.6) is 0 Å². The minimum Gasteiger partial charge on any atom is -0.374 e. The van der Waals surface area contributed by atoms with Crippen molar-refractivity contribution in [1.29, 1.82) is 0 Å². The van der Waals surface area contributed by atoms with Crippen LogP contribution < -0.4 is 0 Å². The molecule has 0 radical (unpaired) electrons. The van der Waals surface area contributed by atoms with Crippen molar-refractivity contribution in [2.75, 3.05) is 6.54 Å². The van der Waals surface area contributed by atoms with E-state index in [0.29, 0.717) is 12.5 Å². The molecule has 2 heteroatoms. The highest BCUT2D eigenvalue weighted by atomic mass is 16.1. The minimum atomic E-state index is 0.248. The second kappa shape index (κ2) is 8.52. The Balaban J connectivity index is 0.000000861. The van der Waals surface area contributed by atoms with E-state index in [1.807, 2.05) is 26.1 Å². The van der Waals surface area contributed by atoms with Crippen LogP contribution in [0.1, 0.15) is 39.2 Å². The Hall–Kier alpha value is -1.57. The fourth-order valence-corrected chi connectivity index (χ4v) is 2.31. The van der Waals surface area contributed by atoms with E-state index < -0.39 is 0 Å². The van der Waals surface area contributed by atoms with Gasteiger partial charge in [0.15, 0.2) is 5.78 Å². The number of rotatable bonds is 4. The zero-order valence-corrected chi connectivity index (χ0v) is 12.3. The zero-order valence-electron chi connectivity index (χ0n) is 12.3. The van der Waals surface area contributed by atoms with Crippen LogP contribution in [-0.2, 0) is 11.2 Å². The van der Waals surface area contributed by atoms with Crippen molar-refractivity contribution in [2.45, 2.75) is 46.1 Å². The molecule has 1 unspecified atom stereocenters. The van der Waals surface area contributed by atoms with Crippen molar-refractivity contribution in [2.24, 2.45) is 0 Å². The first-order valence-corrected chi connectivity index (χ1v) is 7.30. The first kappa shape index (κ1) is 15.5. The van der Waals surface area contributed by atoms with Gasteiger partial charge in [-0.05, 0) is 24.5 Å². The average Bonchev–Trinajstić information content (AvgIpc) is 2.45. The number of benzene rings is 1. The molecule has 0 fully saturated rings. The molecule has 1 aromatic carbocycles. The van der Waals surface area contributed by atoms with Gasteiger partial charge >= 0.3 is 0 Å². The van der Waals surface area contributed by atoms with Gasteiger partial charge in [-0.15, -0.1) is 0 Å². The van der Waals surface area contributed by atoms with E-state index in [-0.39, 0.29) is 5.78 Å². The molecule has 0 aliphatic carbocycles. The number of allylic oxidation sites excluding steroid dienone is 1. The van der Waals surface area contributed by atoms with Crippen molar-refractivity contribution in [3.8, 4) is 0 Å². The summed E-state index contributed by atoms with van der Waals surface area (Å²) in [4.78, 5) is 13.8. The molecule has 0 N–H and O–H groups in total. The van der Waals surface area contributed by atoms with Crippen LogP contribution in [0.25, 0.3) is 0 Å². The Labute approximate surface area is 117 Å². The predicted octanol–water partition coefficient (Wildman–Crippen LogP) is 3.82. The SMILES string of the molecule is CC.CCCN1C=CC(=O)CC1Cc1ccccc1. The second-order valence-corrected chi connectivity index (χ2v) is 4.57. The highest BCUT2D eigenvalue weighted by molar-refractivity contribution is 5.90. The maximum absolute atomic E-state index is 11.5. The molecule has 19 heavy (non-hydrogen) atoms. The van der Waals surface area contributed by atoms with E-state index >= 15 is 0 Å². The highest BCUT2D eigenvalue weighted by Gasteiger charge is 2.21. The molecule has 0 amide bonds. The third-order valence-corrected chi connectivity index (χ3v) is 3.15. The van der Waals surface area contributed by atoms with Crippen molar-refractivity contribution < 1.29 is 4.79 Å². The van der Waals surface area contributed by atoms with Gasteiger partial charge in [0.2, 0.25) is 0 Å². The molecule has 0 bridgehead atoms. The molecular formula is C17H25NO. The smallest absolute Gasteiger partial charge is 0.159 e. The first-order valence-electron chi connectivity index (χ1n) is 7.30. The van der Waals surface area contributed by atoms with E-state index in [2.05, 4.69) is 36.1 Å². The lowest BCUT2D eigenvalue weighted by Gasteiger charge is -2.32. The van der Waals surface area contributed by atoms with Crippen LogP contribution in [0, 0.1) is 0 Å². The summed E-state index contributed by atoms with van der Waals surface area (Å²) in [5, 5.41) is 0. The van der Waals surface area contributed by atoms with Gasteiger partial charge < -0.3 is 4.90 Å². The molecule has 1 aromatic rings. The van der Waals surface area contributed by atoms with Crippen molar-refractivity contribution >= 4 is 5.78 Å². The topological polar surface area (TPSA) is 20.3 Å². The van der Waals surface area contributed by atoms with Crippen LogP contribution in [0.15, 0.2) is 42.6 Å². The van der Waals surface area contributed by atoms with Crippen LogP contribution >= 0.6 is 0 Å². The molecule has 1 aliphatic rings. The van der Waals surface area contributed by atoms with E-state index in [1.165, 1.54) is 5.56 Å². The maximum atomic E-state index is 11.5. The van der Waals surface area contributed by atoms with Crippen LogP contribution in [-0.4, -0.2) is 23.3 Å². The Morgan fingerprint density at radius 3 is 2.53 bits per heavy atom. The summed E-state index contributed by atoms with van der Waals surface area (Å²) in [6, 6.07) is 10.7. The van der Waals surface area contributed by atoms with Crippen LogP contribution in [0.4, 0.5) is 0 Å². The van der Waals surface area contributed by atoms with E-state index in [4.69, 9.17) is 0 Å². The van der Waals surface area contributed by atoms with E-state index in [0.717, 1.165) is 19.4 Å². The fraction of sp³-hybridized carbons (Fsp3) is 0.471. The Kier molecular flexibility index (Phi) is 6.94. The number of carbonyl (C=O) groups excluding carboxylic acids is 1. The maximum Gasteiger partial charge on any atom is 0.159 e. The molecule has 0 saturated carbocycles. The number of hydrogen-bond acceptors (Lipinski definition) is 2. The number of carbonyl (C=O) groups is 1. The summed E-state index contributed by atoms with van der Waals surface area (Å²) >= 11 is 0. The standard InChI is InChI=1S/C15H19NO.C2H6/c1-2-9-16-10-8-15(17)12-14(16)11-13-6-4-3-5-7-13;1-2/h3-8,10,14H,2,9,11-12H2,1H3;1-2H3. The molecule has 1 atom stereocenters. The number of hydrogen-bond donors (Lipinski definition) is 0. The Morgan fingerprint density at radius 1 is 1.21 bits per heavy atom. The third kappa shape index (κ3) is 4.90. The van der Waals surface area contributed by atoms with Crippen LogP contribution in [0.3, 0.4) is 0 Å². The van der Waals surface area contributed by atoms with Crippen LogP contribution in [0.2, 0.25) is 0 Å². The summed E-state index contributed by atoms with van der Waals surface area (Å²) in [7, 11) is 0. The highest BCUT2D eigenvalue weighted by Crippen LogP contribution is 2.17. The monoisotopic (exact) mass is 259 g/mol. The van der Waals surface area contributed by atoms with Gasteiger partial charge in [0.1, 0.15) is 0 Å². The number of ketones is 1. The first-order chi connectivity index (χ1) is 9.29. The molecule has 1 heterocycles. The largest absolute Gasteiger partial charge is 0.374 e. The lowest BCUT2D eigenvalue weighted by atomic mass is 9.97. The summed E-state index contributed by atoms with van der Waals surface area (Å²) in [5.41, 5.74) is 1.31. The molecule has 104 valence electrons. The third-order valence-electron chi connectivity index (χ3n) is 3.15. The van der Waals surface area contributed by atoms with Crippen molar-refractivity contribution in [1.82, 2.24) is 4.90 Å². The van der Waals surface area contributed by atoms with Gasteiger partial charge in [-0.1, -0.05) is 51.1 Å². The lowest BCUT2D eigenvalue weighted by Crippen LogP contribution is -2.37. The zero-order chi connectivity index (χ0) is 14.1. The normalized spacial score (nSPS) is 17.9. The quantitative estimate of drug-likeness (QED) is 0.819. The van der Waals surface area contributed by atoms with Gasteiger partial charge in [0.05, 0.1) is 0 Å². The summed E-state index contributed by atoms with van der Waals surface area (Å²) in [6.07, 6.45) is 6.38. The lowest BCUT2D eigenvalue weighted by molar-refractivity contribution is -0.116. The van der Waals surface area contributed by atoms with Gasteiger partial charge in [-0.3, -0.25) is 4.79 Å². The summed E-state index contributed by atoms with van der Waals surface area (Å²) in [6.45, 7) is 7.20. The molecular weight excluding hydrogens is 234 g/mol. The van der Waals surface area contributed by atoms with E-state index in [9.17, 15) is 4.79 Å². The number of nitrogens with zero attached hydrogens (tertiary/aromatic N) is 1. The Bertz CT molecular complexity index is 397. The minimum absolute atomic E-state index is 0.248. The molecule has 0 aromatic heterocycles. The summed E-state index contributed by atoms with van der Waals surface area (Å²) in [5.74, 6) is 0.248. The predicted molar refractivity (Wildman–Crippen MR) is 81.0 cm³/mol. The Morgan fingerprint density at radius 2 is 1.89 bits per heavy atom. The van der Waals surface area contributed by atoms with Gasteiger partial charge in [-0.2, -0.15) is 0 Å². The molecule has 2 nitrogen and oxygen atoms in total. The summed E-state index contributed by atoms with van der Waals surface area (Å²) < 4.78 is 0. The fourth-order valence-electron chi connectivity index (χ4n) is 2.31. The molecule has 1 aliphatic heterocycles. The van der Waals surface area contributed by atoms with Crippen molar-refractivity contribution in [3.63, 3.8) is 0 Å². The molecule has 0 saturated heterocycles. The van der Waals surface area contributed by atoms with Gasteiger partial charge in [0.25, 0.3) is 0 Å². The molecule has 2 rings (SSSR count). The van der Waals surface area contributed by atoms with Gasteiger partial charge in [-0.25, -0.2) is 0 Å². The van der Waals surface area contributed by atoms with Crippen molar-refractivity contribution in [3.05, 3.63) is 48.2 Å².